The average molecular weight is 660 g/mol. The van der Waals surface area contributed by atoms with Gasteiger partial charge >= 0.3 is 0 Å². The summed E-state index contributed by atoms with van der Waals surface area (Å²) in [7, 11) is -0.806. The number of hydrogen-bond acceptors (Lipinski definition) is 4. The van der Waals surface area contributed by atoms with E-state index in [2.05, 4.69) is 127 Å². The van der Waals surface area contributed by atoms with Gasteiger partial charge in [0, 0.05) is 27.5 Å². The highest BCUT2D eigenvalue weighted by atomic mass is 31.1. The minimum Gasteiger partial charge on any atom is -0.456 e. The Morgan fingerprint density at radius 3 is 1.56 bits per heavy atom. The van der Waals surface area contributed by atoms with Gasteiger partial charge in [0.25, 0.3) is 0 Å². The highest BCUT2D eigenvalue weighted by molar-refractivity contribution is 7.79. The number of nitrogens with zero attached hydrogens (tertiary/aromatic N) is 3. The van der Waals surface area contributed by atoms with Crippen LogP contribution in [0.1, 0.15) is 0 Å². The Kier molecular flexibility index (Phi) is 7.77. The standard InChI is InChI=1S/C45H30N3OP/c1-5-16-31(17-6-1)34-29-39(42-38-26-13-14-27-40(38)49-41(42)30-34)45-47-43(32-18-7-2-8-19-32)46-44(48-45)33-20-15-25-37(28-33)50(35-21-9-3-10-22-35)36-23-11-4-12-24-36/h1-30H. The maximum absolute atomic E-state index is 6.46. The van der Waals surface area contributed by atoms with Crippen molar-refractivity contribution in [3.63, 3.8) is 0 Å². The highest BCUT2D eigenvalue weighted by Gasteiger charge is 2.21. The topological polar surface area (TPSA) is 51.8 Å². The quantitative estimate of drug-likeness (QED) is 0.160. The zero-order chi connectivity index (χ0) is 33.3. The van der Waals surface area contributed by atoms with Crippen molar-refractivity contribution in [2.75, 3.05) is 0 Å². The van der Waals surface area contributed by atoms with Gasteiger partial charge in [-0.3, -0.25) is 0 Å². The van der Waals surface area contributed by atoms with Gasteiger partial charge in [0.15, 0.2) is 17.5 Å². The van der Waals surface area contributed by atoms with E-state index in [1.54, 1.807) is 0 Å². The molecule has 0 aliphatic carbocycles. The van der Waals surface area contributed by atoms with Crippen LogP contribution in [-0.2, 0) is 0 Å². The summed E-state index contributed by atoms with van der Waals surface area (Å²) in [5.74, 6) is 1.84. The van der Waals surface area contributed by atoms with Gasteiger partial charge in [-0.05, 0) is 59.2 Å². The number of aromatic nitrogens is 3. The summed E-state index contributed by atoms with van der Waals surface area (Å²) in [4.78, 5) is 15.5. The van der Waals surface area contributed by atoms with Crippen LogP contribution in [0, 0.1) is 0 Å². The maximum Gasteiger partial charge on any atom is 0.164 e. The fourth-order valence-electron chi connectivity index (χ4n) is 6.56. The van der Waals surface area contributed by atoms with E-state index in [1.165, 1.54) is 15.9 Å². The molecule has 0 N–H and O–H groups in total. The predicted molar refractivity (Wildman–Crippen MR) is 208 cm³/mol. The van der Waals surface area contributed by atoms with E-state index in [4.69, 9.17) is 19.4 Å². The molecule has 0 amide bonds. The Hall–Kier alpha value is -6.22. The molecule has 0 spiro atoms. The van der Waals surface area contributed by atoms with Crippen LogP contribution < -0.4 is 15.9 Å². The second kappa shape index (κ2) is 13.0. The molecule has 0 fully saturated rings. The molecule has 2 heterocycles. The third-order valence-electron chi connectivity index (χ3n) is 8.89. The van der Waals surface area contributed by atoms with Gasteiger partial charge in [-0.25, -0.2) is 15.0 Å². The molecule has 0 bridgehead atoms. The van der Waals surface area contributed by atoms with E-state index >= 15 is 0 Å². The first-order valence-electron chi connectivity index (χ1n) is 16.6. The van der Waals surface area contributed by atoms with Crippen molar-refractivity contribution in [1.82, 2.24) is 15.0 Å². The molecule has 7 aromatic carbocycles. The van der Waals surface area contributed by atoms with Gasteiger partial charge in [-0.1, -0.05) is 158 Å². The molecular weight excluding hydrogens is 629 g/mol. The van der Waals surface area contributed by atoms with Crippen molar-refractivity contribution in [3.8, 4) is 45.3 Å². The second-order valence-electron chi connectivity index (χ2n) is 12.1. The van der Waals surface area contributed by atoms with E-state index in [9.17, 15) is 0 Å². The van der Waals surface area contributed by atoms with Crippen LogP contribution in [0.2, 0.25) is 0 Å². The Morgan fingerprint density at radius 2 is 0.880 bits per heavy atom. The minimum absolute atomic E-state index is 0.599. The second-order valence-corrected chi connectivity index (χ2v) is 14.3. The van der Waals surface area contributed by atoms with Gasteiger partial charge in [-0.2, -0.15) is 0 Å². The fourth-order valence-corrected chi connectivity index (χ4v) is 8.89. The van der Waals surface area contributed by atoms with Gasteiger partial charge in [-0.15, -0.1) is 0 Å². The summed E-state index contributed by atoms with van der Waals surface area (Å²) < 4.78 is 6.46. The van der Waals surface area contributed by atoms with Crippen LogP contribution in [0.25, 0.3) is 67.2 Å². The third kappa shape index (κ3) is 5.66. The Labute approximate surface area is 291 Å². The normalized spacial score (nSPS) is 11.4. The van der Waals surface area contributed by atoms with Gasteiger partial charge < -0.3 is 4.42 Å². The molecule has 9 aromatic rings. The smallest absolute Gasteiger partial charge is 0.164 e. The monoisotopic (exact) mass is 659 g/mol. The molecule has 0 saturated carbocycles. The number of fused-ring (bicyclic) bond motifs is 3. The lowest BCUT2D eigenvalue weighted by molar-refractivity contribution is 0.669. The van der Waals surface area contributed by atoms with E-state index in [0.29, 0.717) is 17.5 Å². The molecule has 0 aliphatic heterocycles. The van der Waals surface area contributed by atoms with Crippen LogP contribution >= 0.6 is 7.92 Å². The van der Waals surface area contributed by atoms with Gasteiger partial charge in [0.05, 0.1) is 0 Å². The minimum atomic E-state index is -0.806. The van der Waals surface area contributed by atoms with Crippen LogP contribution in [0.15, 0.2) is 186 Å². The first kappa shape index (κ1) is 29.9. The molecule has 0 unspecified atom stereocenters. The summed E-state index contributed by atoms with van der Waals surface area (Å²) in [6, 6.07) is 63.2. The van der Waals surface area contributed by atoms with E-state index < -0.39 is 7.92 Å². The Bertz CT molecular complexity index is 2550. The fraction of sp³-hybridized carbons (Fsp3) is 0. The lowest BCUT2D eigenvalue weighted by Crippen LogP contribution is -2.20. The van der Waals surface area contributed by atoms with Crippen molar-refractivity contribution in [3.05, 3.63) is 182 Å². The average Bonchev–Trinajstić information content (AvgIpc) is 3.58. The number of furan rings is 1. The molecule has 0 saturated heterocycles. The summed E-state index contributed by atoms with van der Waals surface area (Å²) in [5, 5.41) is 5.83. The summed E-state index contributed by atoms with van der Waals surface area (Å²) in [5.41, 5.74) is 6.52. The third-order valence-corrected chi connectivity index (χ3v) is 11.3. The van der Waals surface area contributed by atoms with Crippen molar-refractivity contribution in [1.29, 1.82) is 0 Å². The summed E-state index contributed by atoms with van der Waals surface area (Å²) in [6.07, 6.45) is 0. The molecule has 50 heavy (non-hydrogen) atoms. The van der Waals surface area contributed by atoms with E-state index in [0.717, 1.165) is 49.8 Å². The van der Waals surface area contributed by atoms with Crippen molar-refractivity contribution < 1.29 is 4.42 Å². The number of hydrogen-bond donors (Lipinski definition) is 0. The molecule has 0 atom stereocenters. The highest BCUT2D eigenvalue weighted by Crippen LogP contribution is 2.40. The van der Waals surface area contributed by atoms with Crippen molar-refractivity contribution >= 4 is 45.8 Å². The zero-order valence-electron chi connectivity index (χ0n) is 27.0. The van der Waals surface area contributed by atoms with Crippen LogP contribution in [-0.4, -0.2) is 15.0 Å². The first-order valence-corrected chi connectivity index (χ1v) is 18.0. The molecule has 5 heteroatoms. The number of benzene rings is 7. The largest absolute Gasteiger partial charge is 0.456 e. The van der Waals surface area contributed by atoms with Crippen molar-refractivity contribution in [2.24, 2.45) is 0 Å². The molecule has 4 nitrogen and oxygen atoms in total. The SMILES string of the molecule is c1ccc(-c2cc(-c3nc(-c4ccccc4)nc(-c4cccc(P(c5ccccc5)c5ccccc5)c4)n3)c3c(c2)oc2ccccc23)cc1. The van der Waals surface area contributed by atoms with Crippen molar-refractivity contribution in [2.45, 2.75) is 0 Å². The first-order chi connectivity index (χ1) is 24.8. The number of para-hydroxylation sites is 1. The molecule has 2 aromatic heterocycles. The maximum atomic E-state index is 6.46. The lowest BCUT2D eigenvalue weighted by atomic mass is 9.98. The predicted octanol–water partition coefficient (Wildman–Crippen LogP) is 10.2. The molecule has 0 radical (unpaired) electrons. The van der Waals surface area contributed by atoms with Crippen LogP contribution in [0.5, 0.6) is 0 Å². The molecule has 0 aliphatic rings. The van der Waals surface area contributed by atoms with Gasteiger partial charge in [0.1, 0.15) is 11.2 Å². The van der Waals surface area contributed by atoms with Crippen LogP contribution in [0.4, 0.5) is 0 Å². The van der Waals surface area contributed by atoms with Crippen LogP contribution in [0.3, 0.4) is 0 Å². The molecular formula is C45H30N3OP. The summed E-state index contributed by atoms with van der Waals surface area (Å²) in [6.45, 7) is 0. The molecule has 9 rings (SSSR count). The Balaban J connectivity index is 1.28. The molecule has 236 valence electrons. The zero-order valence-corrected chi connectivity index (χ0v) is 27.9. The number of rotatable bonds is 7. The lowest BCUT2D eigenvalue weighted by Gasteiger charge is -2.20. The van der Waals surface area contributed by atoms with E-state index in [1.807, 2.05) is 54.6 Å². The Morgan fingerprint density at radius 1 is 0.360 bits per heavy atom. The van der Waals surface area contributed by atoms with E-state index in [-0.39, 0.29) is 0 Å². The summed E-state index contributed by atoms with van der Waals surface area (Å²) >= 11 is 0. The van der Waals surface area contributed by atoms with Gasteiger partial charge in [0.2, 0.25) is 0 Å².